The van der Waals surface area contributed by atoms with Gasteiger partial charge < -0.3 is 11.1 Å². The Morgan fingerprint density at radius 3 is 3.00 bits per heavy atom. The third-order valence-corrected chi connectivity index (χ3v) is 4.13. The van der Waals surface area contributed by atoms with Crippen LogP contribution >= 0.6 is 27.3 Å². The SMILES string of the molecule is CC(Cc1cccc(Br)c1)NC(=O)c1csc(CN)n1. The van der Waals surface area contributed by atoms with Crippen molar-refractivity contribution in [3.05, 3.63) is 50.4 Å². The van der Waals surface area contributed by atoms with E-state index in [1.807, 2.05) is 25.1 Å². The summed E-state index contributed by atoms with van der Waals surface area (Å²) in [4.78, 5) is 16.2. The molecule has 0 saturated carbocycles. The Kier molecular flexibility index (Phi) is 5.28. The van der Waals surface area contributed by atoms with Crippen molar-refractivity contribution in [2.45, 2.75) is 25.9 Å². The van der Waals surface area contributed by atoms with Crippen LogP contribution < -0.4 is 11.1 Å². The summed E-state index contributed by atoms with van der Waals surface area (Å²) in [6, 6.07) is 8.11. The molecule has 0 saturated heterocycles. The van der Waals surface area contributed by atoms with Gasteiger partial charge in [0, 0.05) is 22.4 Å². The number of amides is 1. The predicted molar refractivity (Wildman–Crippen MR) is 84.8 cm³/mol. The molecule has 1 amide bonds. The number of hydrogen-bond donors (Lipinski definition) is 2. The van der Waals surface area contributed by atoms with E-state index in [-0.39, 0.29) is 11.9 Å². The van der Waals surface area contributed by atoms with Gasteiger partial charge in [-0.15, -0.1) is 11.3 Å². The summed E-state index contributed by atoms with van der Waals surface area (Å²) in [6.07, 6.45) is 0.777. The topological polar surface area (TPSA) is 68.0 Å². The number of hydrogen-bond acceptors (Lipinski definition) is 4. The number of carbonyl (C=O) groups is 1. The van der Waals surface area contributed by atoms with Crippen LogP contribution in [0, 0.1) is 0 Å². The normalized spacial score (nSPS) is 12.2. The molecule has 0 aliphatic carbocycles. The molecule has 6 heteroatoms. The van der Waals surface area contributed by atoms with Crippen molar-refractivity contribution in [3.63, 3.8) is 0 Å². The standard InChI is InChI=1S/C14H16BrN3OS/c1-9(5-10-3-2-4-11(15)6-10)17-14(19)12-8-20-13(7-16)18-12/h2-4,6,8-9H,5,7,16H2,1H3,(H,17,19). The Balaban J connectivity index is 1.94. The van der Waals surface area contributed by atoms with Gasteiger partial charge in [0.1, 0.15) is 10.7 Å². The van der Waals surface area contributed by atoms with Gasteiger partial charge in [-0.05, 0) is 31.0 Å². The van der Waals surface area contributed by atoms with Crippen molar-refractivity contribution in [3.8, 4) is 0 Å². The van der Waals surface area contributed by atoms with Crippen molar-refractivity contribution in [2.24, 2.45) is 5.73 Å². The summed E-state index contributed by atoms with van der Waals surface area (Å²) in [6.45, 7) is 2.35. The molecule has 1 aromatic carbocycles. The lowest BCUT2D eigenvalue weighted by molar-refractivity contribution is 0.0935. The summed E-state index contributed by atoms with van der Waals surface area (Å²) in [5.74, 6) is -0.150. The fraction of sp³-hybridized carbons (Fsp3) is 0.286. The van der Waals surface area contributed by atoms with Crippen molar-refractivity contribution in [1.82, 2.24) is 10.3 Å². The zero-order valence-corrected chi connectivity index (χ0v) is 13.5. The minimum Gasteiger partial charge on any atom is -0.348 e. The highest BCUT2D eigenvalue weighted by Crippen LogP contribution is 2.13. The maximum Gasteiger partial charge on any atom is 0.270 e. The van der Waals surface area contributed by atoms with E-state index in [4.69, 9.17) is 5.73 Å². The molecular weight excluding hydrogens is 338 g/mol. The molecule has 3 N–H and O–H groups in total. The van der Waals surface area contributed by atoms with E-state index in [2.05, 4.69) is 32.3 Å². The second kappa shape index (κ2) is 6.97. The number of halogens is 1. The minimum absolute atomic E-state index is 0.0415. The number of nitrogens with zero attached hydrogens (tertiary/aromatic N) is 1. The molecule has 0 bridgehead atoms. The van der Waals surface area contributed by atoms with E-state index < -0.39 is 0 Å². The van der Waals surface area contributed by atoms with E-state index in [1.165, 1.54) is 16.9 Å². The van der Waals surface area contributed by atoms with Crippen LogP contribution in [0.25, 0.3) is 0 Å². The third-order valence-electron chi connectivity index (χ3n) is 2.77. The van der Waals surface area contributed by atoms with Crippen molar-refractivity contribution < 1.29 is 4.79 Å². The fourth-order valence-corrected chi connectivity index (χ4v) is 2.98. The van der Waals surface area contributed by atoms with Gasteiger partial charge in [0.05, 0.1) is 0 Å². The van der Waals surface area contributed by atoms with Crippen LogP contribution in [-0.4, -0.2) is 16.9 Å². The molecule has 1 unspecified atom stereocenters. The fourth-order valence-electron chi connectivity index (χ4n) is 1.88. The number of thiazole rings is 1. The minimum atomic E-state index is -0.150. The molecule has 0 spiro atoms. The lowest BCUT2D eigenvalue weighted by Crippen LogP contribution is -2.34. The van der Waals surface area contributed by atoms with Crippen LogP contribution in [0.3, 0.4) is 0 Å². The van der Waals surface area contributed by atoms with Gasteiger partial charge in [-0.2, -0.15) is 0 Å². The van der Waals surface area contributed by atoms with Gasteiger partial charge in [0.15, 0.2) is 0 Å². The molecule has 1 aromatic heterocycles. The largest absolute Gasteiger partial charge is 0.348 e. The van der Waals surface area contributed by atoms with Gasteiger partial charge in [-0.1, -0.05) is 28.1 Å². The van der Waals surface area contributed by atoms with Crippen LogP contribution in [0.4, 0.5) is 0 Å². The Bertz CT molecular complexity index is 600. The van der Waals surface area contributed by atoms with Gasteiger partial charge in [0.25, 0.3) is 5.91 Å². The number of rotatable bonds is 5. The third kappa shape index (κ3) is 4.13. The lowest BCUT2D eigenvalue weighted by atomic mass is 10.1. The van der Waals surface area contributed by atoms with E-state index in [0.717, 1.165) is 15.9 Å². The first-order valence-corrected chi connectivity index (χ1v) is 7.95. The smallest absolute Gasteiger partial charge is 0.270 e. The molecule has 0 fully saturated rings. The van der Waals surface area contributed by atoms with Gasteiger partial charge in [-0.3, -0.25) is 4.79 Å². The number of benzene rings is 1. The average Bonchev–Trinajstić information content (AvgIpc) is 2.87. The van der Waals surface area contributed by atoms with E-state index in [0.29, 0.717) is 12.2 Å². The molecule has 1 heterocycles. The van der Waals surface area contributed by atoms with Crippen LogP contribution in [0.15, 0.2) is 34.1 Å². The Morgan fingerprint density at radius 2 is 2.35 bits per heavy atom. The second-order valence-electron chi connectivity index (χ2n) is 4.54. The second-order valence-corrected chi connectivity index (χ2v) is 6.40. The first-order chi connectivity index (χ1) is 9.58. The molecule has 20 heavy (non-hydrogen) atoms. The van der Waals surface area contributed by atoms with Gasteiger partial charge in [-0.25, -0.2) is 4.98 Å². The van der Waals surface area contributed by atoms with Gasteiger partial charge in [0.2, 0.25) is 0 Å². The monoisotopic (exact) mass is 353 g/mol. The zero-order valence-electron chi connectivity index (χ0n) is 11.1. The highest BCUT2D eigenvalue weighted by atomic mass is 79.9. The zero-order chi connectivity index (χ0) is 14.5. The summed E-state index contributed by atoms with van der Waals surface area (Å²) >= 11 is 4.85. The van der Waals surface area contributed by atoms with E-state index in [9.17, 15) is 4.79 Å². The maximum atomic E-state index is 12.0. The Labute approximate surface area is 130 Å². The first kappa shape index (κ1) is 15.2. The number of nitrogens with one attached hydrogen (secondary N) is 1. The number of aromatic nitrogens is 1. The average molecular weight is 354 g/mol. The molecule has 106 valence electrons. The quantitative estimate of drug-likeness (QED) is 0.868. The summed E-state index contributed by atoms with van der Waals surface area (Å²) < 4.78 is 1.04. The highest BCUT2D eigenvalue weighted by molar-refractivity contribution is 9.10. The molecule has 0 radical (unpaired) electrons. The van der Waals surface area contributed by atoms with Crippen molar-refractivity contribution >= 4 is 33.2 Å². The van der Waals surface area contributed by atoms with Crippen molar-refractivity contribution in [2.75, 3.05) is 0 Å². The first-order valence-electron chi connectivity index (χ1n) is 6.28. The van der Waals surface area contributed by atoms with Crippen LogP contribution in [0.1, 0.15) is 28.0 Å². The molecule has 0 aliphatic rings. The summed E-state index contributed by atoms with van der Waals surface area (Å²) in [5.41, 5.74) is 7.11. The van der Waals surface area contributed by atoms with Gasteiger partial charge >= 0.3 is 0 Å². The van der Waals surface area contributed by atoms with E-state index in [1.54, 1.807) is 5.38 Å². The molecule has 1 atom stereocenters. The molecular formula is C14H16BrN3OS. The summed E-state index contributed by atoms with van der Waals surface area (Å²) in [5, 5.41) is 5.46. The number of nitrogens with two attached hydrogens (primary N) is 1. The molecule has 0 aliphatic heterocycles. The molecule has 2 aromatic rings. The molecule has 4 nitrogen and oxygen atoms in total. The maximum absolute atomic E-state index is 12.0. The Hall–Kier alpha value is -1.24. The van der Waals surface area contributed by atoms with Crippen LogP contribution in [0.5, 0.6) is 0 Å². The molecule has 2 rings (SSSR count). The predicted octanol–water partition coefficient (Wildman–Crippen LogP) is 2.73. The van der Waals surface area contributed by atoms with E-state index >= 15 is 0 Å². The highest BCUT2D eigenvalue weighted by Gasteiger charge is 2.13. The Morgan fingerprint density at radius 1 is 1.55 bits per heavy atom. The number of carbonyl (C=O) groups excluding carboxylic acids is 1. The summed E-state index contributed by atoms with van der Waals surface area (Å²) in [7, 11) is 0. The van der Waals surface area contributed by atoms with Crippen LogP contribution in [0.2, 0.25) is 0 Å². The van der Waals surface area contributed by atoms with Crippen LogP contribution in [-0.2, 0) is 13.0 Å². The van der Waals surface area contributed by atoms with Crippen molar-refractivity contribution in [1.29, 1.82) is 0 Å². The lowest BCUT2D eigenvalue weighted by Gasteiger charge is -2.13.